The number of hydrogen-bond acceptors (Lipinski definition) is 5. The average molecular weight is 442 g/mol. The van der Waals surface area contributed by atoms with Crippen molar-refractivity contribution in [3.8, 4) is 11.5 Å². The topological polar surface area (TPSA) is 97.1 Å². The summed E-state index contributed by atoms with van der Waals surface area (Å²) in [7, 11) is 0. The van der Waals surface area contributed by atoms with E-state index in [2.05, 4.69) is 20.6 Å². The molecule has 2 aromatic carbocycles. The van der Waals surface area contributed by atoms with Crippen molar-refractivity contribution in [2.45, 2.75) is 18.8 Å². The second-order valence-corrected chi connectivity index (χ2v) is 7.69. The van der Waals surface area contributed by atoms with E-state index in [1.54, 1.807) is 18.2 Å². The van der Waals surface area contributed by atoms with Crippen LogP contribution < -0.4 is 10.6 Å². The Morgan fingerprint density at radius 3 is 2.39 bits per heavy atom. The Bertz CT molecular complexity index is 1320. The largest absolute Gasteiger partial charge is 0.440 e. The summed E-state index contributed by atoms with van der Waals surface area (Å²) in [4.78, 5) is 34.1. The zero-order valence-corrected chi connectivity index (χ0v) is 17.4. The second-order valence-electron chi connectivity index (χ2n) is 7.69. The van der Waals surface area contributed by atoms with Gasteiger partial charge in [0.25, 0.3) is 11.8 Å². The summed E-state index contributed by atoms with van der Waals surface area (Å²) in [6.45, 7) is 0. The lowest BCUT2D eigenvalue weighted by molar-refractivity contribution is 0.101. The lowest BCUT2D eigenvalue weighted by atomic mass is 10.2. The Balaban J connectivity index is 1.43. The van der Waals surface area contributed by atoms with Gasteiger partial charge in [-0.15, -0.1) is 0 Å². The van der Waals surface area contributed by atoms with Crippen molar-refractivity contribution >= 4 is 23.2 Å². The van der Waals surface area contributed by atoms with E-state index in [9.17, 15) is 14.0 Å². The summed E-state index contributed by atoms with van der Waals surface area (Å²) in [6.07, 6.45) is 3.32. The molecule has 0 saturated heterocycles. The van der Waals surface area contributed by atoms with Crippen LogP contribution in [0.15, 0.2) is 77.3 Å². The van der Waals surface area contributed by atoms with E-state index >= 15 is 0 Å². The molecule has 0 spiro atoms. The molecule has 4 aromatic rings. The first-order valence-corrected chi connectivity index (χ1v) is 10.5. The third-order valence-electron chi connectivity index (χ3n) is 5.21. The van der Waals surface area contributed by atoms with Crippen molar-refractivity contribution < 1.29 is 18.4 Å². The summed E-state index contributed by atoms with van der Waals surface area (Å²) in [5.74, 6) is -0.585. The van der Waals surface area contributed by atoms with Crippen LogP contribution in [0.2, 0.25) is 0 Å². The van der Waals surface area contributed by atoms with Gasteiger partial charge in [-0.1, -0.05) is 24.3 Å². The predicted molar refractivity (Wildman–Crippen MR) is 120 cm³/mol. The summed E-state index contributed by atoms with van der Waals surface area (Å²) >= 11 is 0. The van der Waals surface area contributed by atoms with Crippen LogP contribution in [0.5, 0.6) is 0 Å². The van der Waals surface area contributed by atoms with Crippen LogP contribution in [0.3, 0.4) is 0 Å². The van der Waals surface area contributed by atoms with Crippen LogP contribution in [0.25, 0.3) is 11.5 Å². The SMILES string of the molecule is O=C(Nc1ccc(F)cc1NC(=O)c1nc(-c2ccccc2)oc1C1CC1)c1ccccn1. The number of rotatable bonds is 6. The fourth-order valence-electron chi connectivity index (χ4n) is 3.41. The fraction of sp³-hybridized carbons (Fsp3) is 0.120. The molecule has 33 heavy (non-hydrogen) atoms. The normalized spacial score (nSPS) is 12.9. The lowest BCUT2D eigenvalue weighted by Gasteiger charge is -2.12. The van der Waals surface area contributed by atoms with Crippen LogP contribution in [-0.2, 0) is 0 Å². The first-order chi connectivity index (χ1) is 16.1. The van der Waals surface area contributed by atoms with Crippen molar-refractivity contribution in [2.75, 3.05) is 10.6 Å². The van der Waals surface area contributed by atoms with Crippen molar-refractivity contribution in [1.29, 1.82) is 0 Å². The van der Waals surface area contributed by atoms with Crippen molar-refractivity contribution in [3.63, 3.8) is 0 Å². The van der Waals surface area contributed by atoms with E-state index in [1.165, 1.54) is 18.3 Å². The highest BCUT2D eigenvalue weighted by atomic mass is 19.1. The van der Waals surface area contributed by atoms with Gasteiger partial charge < -0.3 is 15.1 Å². The number of hydrogen-bond donors (Lipinski definition) is 2. The first kappa shape index (κ1) is 20.6. The van der Waals surface area contributed by atoms with Crippen LogP contribution in [-0.4, -0.2) is 21.8 Å². The van der Waals surface area contributed by atoms with Gasteiger partial charge in [0.2, 0.25) is 5.89 Å². The summed E-state index contributed by atoms with van der Waals surface area (Å²) in [5.41, 5.74) is 1.45. The van der Waals surface area contributed by atoms with Crippen LogP contribution in [0.4, 0.5) is 15.8 Å². The molecule has 1 fully saturated rings. The molecule has 1 saturated carbocycles. The smallest absolute Gasteiger partial charge is 0.278 e. The molecule has 0 bridgehead atoms. The molecule has 2 N–H and O–H groups in total. The van der Waals surface area contributed by atoms with Gasteiger partial charge in [-0.2, -0.15) is 0 Å². The van der Waals surface area contributed by atoms with Gasteiger partial charge in [-0.25, -0.2) is 9.37 Å². The number of oxazole rings is 1. The summed E-state index contributed by atoms with van der Waals surface area (Å²) in [6, 6.07) is 18.0. The Morgan fingerprint density at radius 1 is 0.909 bits per heavy atom. The molecule has 164 valence electrons. The minimum absolute atomic E-state index is 0.107. The Hall–Kier alpha value is -4.33. The standard InChI is InChI=1S/C25H19FN4O3/c26-17-11-12-18(28-23(31)19-8-4-5-13-27-19)20(14-17)29-24(32)21-22(15-9-10-15)33-25(30-21)16-6-2-1-3-7-16/h1-8,11-15H,9-10H2,(H,28,31)(H,29,32). The van der Waals surface area contributed by atoms with Gasteiger partial charge >= 0.3 is 0 Å². The van der Waals surface area contributed by atoms with Gasteiger partial charge in [0, 0.05) is 17.7 Å². The Kier molecular flexibility index (Phi) is 5.40. The number of pyridine rings is 1. The van der Waals surface area contributed by atoms with Crippen LogP contribution in [0, 0.1) is 5.82 Å². The molecule has 0 radical (unpaired) electrons. The predicted octanol–water partition coefficient (Wildman–Crippen LogP) is 5.26. The van der Waals surface area contributed by atoms with E-state index in [1.807, 2.05) is 30.3 Å². The van der Waals surface area contributed by atoms with Crippen molar-refractivity contribution in [3.05, 3.63) is 95.9 Å². The lowest BCUT2D eigenvalue weighted by Crippen LogP contribution is -2.18. The number of aromatic nitrogens is 2. The van der Waals surface area contributed by atoms with Crippen molar-refractivity contribution in [1.82, 2.24) is 9.97 Å². The second kappa shape index (κ2) is 8.66. The Labute approximate surface area is 188 Å². The van der Waals surface area contributed by atoms with Gasteiger partial charge in [0.05, 0.1) is 11.4 Å². The molecule has 0 aliphatic heterocycles. The maximum atomic E-state index is 14.0. The number of nitrogens with one attached hydrogen (secondary N) is 2. The molecule has 2 aromatic heterocycles. The molecule has 0 atom stereocenters. The highest BCUT2D eigenvalue weighted by molar-refractivity contribution is 6.09. The molecule has 7 nitrogen and oxygen atoms in total. The number of benzene rings is 2. The van der Waals surface area contributed by atoms with E-state index in [-0.39, 0.29) is 28.7 Å². The number of carbonyl (C=O) groups is 2. The highest BCUT2D eigenvalue weighted by Crippen LogP contribution is 2.43. The minimum Gasteiger partial charge on any atom is -0.440 e. The quantitative estimate of drug-likeness (QED) is 0.425. The number of halogens is 1. The van der Waals surface area contributed by atoms with E-state index < -0.39 is 17.6 Å². The maximum Gasteiger partial charge on any atom is 0.278 e. The summed E-state index contributed by atoms with van der Waals surface area (Å²) < 4.78 is 19.9. The molecule has 1 aliphatic rings. The third-order valence-corrected chi connectivity index (χ3v) is 5.21. The average Bonchev–Trinajstić information content (AvgIpc) is 3.59. The maximum absolute atomic E-state index is 14.0. The zero-order chi connectivity index (χ0) is 22.8. The number of carbonyl (C=O) groups excluding carboxylic acids is 2. The van der Waals surface area contributed by atoms with E-state index in [0.717, 1.165) is 24.5 Å². The van der Waals surface area contributed by atoms with Gasteiger partial charge in [-0.3, -0.25) is 14.6 Å². The molecule has 2 heterocycles. The van der Waals surface area contributed by atoms with Crippen LogP contribution >= 0.6 is 0 Å². The molecule has 0 unspecified atom stereocenters. The number of amides is 2. The molecule has 8 heteroatoms. The monoisotopic (exact) mass is 442 g/mol. The fourth-order valence-corrected chi connectivity index (χ4v) is 3.41. The molecule has 5 rings (SSSR count). The molecule has 2 amide bonds. The Morgan fingerprint density at radius 2 is 1.67 bits per heavy atom. The van der Waals surface area contributed by atoms with Gasteiger partial charge in [-0.05, 0) is 55.3 Å². The molecular weight excluding hydrogens is 423 g/mol. The highest BCUT2D eigenvalue weighted by Gasteiger charge is 2.34. The van der Waals surface area contributed by atoms with Gasteiger partial charge in [0.1, 0.15) is 17.3 Å². The zero-order valence-electron chi connectivity index (χ0n) is 17.4. The number of anilines is 2. The van der Waals surface area contributed by atoms with Crippen molar-refractivity contribution in [2.24, 2.45) is 0 Å². The van der Waals surface area contributed by atoms with E-state index in [4.69, 9.17) is 4.42 Å². The summed E-state index contributed by atoms with van der Waals surface area (Å²) in [5, 5.41) is 5.34. The third kappa shape index (κ3) is 4.50. The van der Waals surface area contributed by atoms with Crippen LogP contribution in [0.1, 0.15) is 45.5 Å². The minimum atomic E-state index is -0.561. The van der Waals surface area contributed by atoms with E-state index in [0.29, 0.717) is 11.7 Å². The molecular formula is C25H19FN4O3. The van der Waals surface area contributed by atoms with Gasteiger partial charge in [0.15, 0.2) is 5.69 Å². The number of nitrogens with zero attached hydrogens (tertiary/aromatic N) is 2. The molecule has 1 aliphatic carbocycles. The first-order valence-electron chi connectivity index (χ1n) is 10.5.